The fourth-order valence-electron chi connectivity index (χ4n) is 3.91. The molecule has 2 nitrogen and oxygen atoms in total. The summed E-state index contributed by atoms with van der Waals surface area (Å²) in [7, 11) is 0. The number of para-hydroxylation sites is 1. The van der Waals surface area contributed by atoms with Gasteiger partial charge in [0, 0.05) is 24.8 Å². The molecule has 0 radical (unpaired) electrons. The maximum absolute atomic E-state index is 3.80. The zero-order chi connectivity index (χ0) is 13.2. The van der Waals surface area contributed by atoms with E-state index in [-0.39, 0.29) is 0 Å². The van der Waals surface area contributed by atoms with Crippen molar-refractivity contribution >= 4 is 5.69 Å². The highest BCUT2D eigenvalue weighted by atomic mass is 14.9. The third-order valence-electron chi connectivity index (χ3n) is 5.24. The molecule has 1 heterocycles. The van der Waals surface area contributed by atoms with Crippen LogP contribution in [0.4, 0.5) is 5.69 Å². The van der Waals surface area contributed by atoms with E-state index >= 15 is 0 Å². The van der Waals surface area contributed by atoms with Gasteiger partial charge in [0.25, 0.3) is 0 Å². The van der Waals surface area contributed by atoms with E-state index in [0.717, 1.165) is 24.9 Å². The normalized spacial score (nSPS) is 29.3. The van der Waals surface area contributed by atoms with Crippen molar-refractivity contribution in [3.8, 4) is 0 Å². The Morgan fingerprint density at radius 2 is 2.21 bits per heavy atom. The standard InChI is InChI=1S/C17H26N2/c1-3-13-7-8-16(12(13)2)19-11-15-6-4-5-14-9-10-18-17(14)15/h4-6,12-13,16,18-19H,3,7-11H2,1-2H3. The molecule has 0 amide bonds. The topological polar surface area (TPSA) is 24.1 Å². The smallest absolute Gasteiger partial charge is 0.0419 e. The summed E-state index contributed by atoms with van der Waals surface area (Å²) >= 11 is 0. The second kappa shape index (κ2) is 5.54. The zero-order valence-electron chi connectivity index (χ0n) is 12.2. The van der Waals surface area contributed by atoms with Gasteiger partial charge in [-0.3, -0.25) is 0 Å². The van der Waals surface area contributed by atoms with Crippen LogP contribution in [0.15, 0.2) is 18.2 Å². The minimum atomic E-state index is 0.710. The molecule has 3 rings (SSSR count). The molecule has 19 heavy (non-hydrogen) atoms. The van der Waals surface area contributed by atoms with Crippen LogP contribution in [0.25, 0.3) is 0 Å². The summed E-state index contributed by atoms with van der Waals surface area (Å²) in [4.78, 5) is 0. The Hall–Kier alpha value is -1.02. The van der Waals surface area contributed by atoms with E-state index < -0.39 is 0 Å². The fraction of sp³-hybridized carbons (Fsp3) is 0.647. The lowest BCUT2D eigenvalue weighted by Gasteiger charge is -2.21. The van der Waals surface area contributed by atoms with Crippen LogP contribution in [0.3, 0.4) is 0 Å². The van der Waals surface area contributed by atoms with E-state index in [4.69, 9.17) is 0 Å². The number of hydrogen-bond acceptors (Lipinski definition) is 2. The molecule has 104 valence electrons. The molecule has 2 N–H and O–H groups in total. The maximum atomic E-state index is 3.80. The summed E-state index contributed by atoms with van der Waals surface area (Å²) in [5.41, 5.74) is 4.33. The van der Waals surface area contributed by atoms with Gasteiger partial charge in [-0.25, -0.2) is 0 Å². The van der Waals surface area contributed by atoms with Gasteiger partial charge >= 0.3 is 0 Å². The van der Waals surface area contributed by atoms with Crippen molar-refractivity contribution in [3.63, 3.8) is 0 Å². The molecule has 1 aliphatic carbocycles. The number of fused-ring (bicyclic) bond motifs is 1. The Kier molecular flexibility index (Phi) is 3.79. The van der Waals surface area contributed by atoms with E-state index in [9.17, 15) is 0 Å². The molecule has 3 atom stereocenters. The average molecular weight is 258 g/mol. The number of rotatable bonds is 4. The highest BCUT2D eigenvalue weighted by molar-refractivity contribution is 5.61. The predicted molar refractivity (Wildman–Crippen MR) is 81.4 cm³/mol. The van der Waals surface area contributed by atoms with Gasteiger partial charge in [-0.05, 0) is 42.2 Å². The number of benzene rings is 1. The molecule has 1 aromatic carbocycles. The molecule has 0 bridgehead atoms. The highest BCUT2D eigenvalue weighted by Crippen LogP contribution is 2.34. The van der Waals surface area contributed by atoms with Crippen LogP contribution in [0.2, 0.25) is 0 Å². The molecule has 1 aromatic rings. The van der Waals surface area contributed by atoms with Gasteiger partial charge < -0.3 is 10.6 Å². The molecule has 0 aromatic heterocycles. The summed E-state index contributed by atoms with van der Waals surface area (Å²) in [6.45, 7) is 6.87. The molecule has 1 saturated carbocycles. The molecule has 1 fully saturated rings. The van der Waals surface area contributed by atoms with E-state index in [2.05, 4.69) is 42.7 Å². The zero-order valence-corrected chi connectivity index (χ0v) is 12.2. The number of hydrogen-bond donors (Lipinski definition) is 2. The van der Waals surface area contributed by atoms with Crippen molar-refractivity contribution in [2.75, 3.05) is 11.9 Å². The second-order valence-corrected chi connectivity index (χ2v) is 6.22. The van der Waals surface area contributed by atoms with Crippen LogP contribution < -0.4 is 10.6 Å². The fourth-order valence-corrected chi connectivity index (χ4v) is 3.91. The minimum absolute atomic E-state index is 0.710. The van der Waals surface area contributed by atoms with Crippen LogP contribution in [0, 0.1) is 11.8 Å². The highest BCUT2D eigenvalue weighted by Gasteiger charge is 2.31. The summed E-state index contributed by atoms with van der Waals surface area (Å²) < 4.78 is 0. The molecule has 2 heteroatoms. The van der Waals surface area contributed by atoms with Crippen LogP contribution >= 0.6 is 0 Å². The molecule has 0 saturated heterocycles. The van der Waals surface area contributed by atoms with Crippen molar-refractivity contribution in [2.45, 2.75) is 52.1 Å². The summed E-state index contributed by atoms with van der Waals surface area (Å²) in [5, 5.41) is 7.34. The van der Waals surface area contributed by atoms with E-state index in [1.165, 1.54) is 42.5 Å². The van der Waals surface area contributed by atoms with E-state index in [1.807, 2.05) is 0 Å². The molecule has 1 aliphatic heterocycles. The van der Waals surface area contributed by atoms with Gasteiger partial charge in [0.15, 0.2) is 0 Å². The van der Waals surface area contributed by atoms with Crippen molar-refractivity contribution in [3.05, 3.63) is 29.3 Å². The first-order valence-electron chi connectivity index (χ1n) is 7.87. The predicted octanol–water partition coefficient (Wildman–Crippen LogP) is 3.57. The summed E-state index contributed by atoms with van der Waals surface area (Å²) in [5.74, 6) is 1.76. The first kappa shape index (κ1) is 13.0. The van der Waals surface area contributed by atoms with Crippen LogP contribution in [0.1, 0.15) is 44.2 Å². The van der Waals surface area contributed by atoms with Gasteiger partial charge in [0.1, 0.15) is 0 Å². The quantitative estimate of drug-likeness (QED) is 0.862. The van der Waals surface area contributed by atoms with E-state index in [0.29, 0.717) is 6.04 Å². The Balaban J connectivity index is 1.63. The number of nitrogens with one attached hydrogen (secondary N) is 2. The van der Waals surface area contributed by atoms with Crippen molar-refractivity contribution in [1.29, 1.82) is 0 Å². The maximum Gasteiger partial charge on any atom is 0.0419 e. The Morgan fingerprint density at radius 3 is 3.00 bits per heavy atom. The number of anilines is 1. The Morgan fingerprint density at radius 1 is 1.32 bits per heavy atom. The molecular formula is C17H26N2. The monoisotopic (exact) mass is 258 g/mol. The van der Waals surface area contributed by atoms with E-state index in [1.54, 1.807) is 0 Å². The molecule has 3 unspecified atom stereocenters. The second-order valence-electron chi connectivity index (χ2n) is 6.22. The van der Waals surface area contributed by atoms with Crippen LogP contribution in [-0.2, 0) is 13.0 Å². The van der Waals surface area contributed by atoms with Crippen LogP contribution in [-0.4, -0.2) is 12.6 Å². The lowest BCUT2D eigenvalue weighted by atomic mass is 9.93. The molecule has 2 aliphatic rings. The van der Waals surface area contributed by atoms with Crippen molar-refractivity contribution < 1.29 is 0 Å². The summed E-state index contributed by atoms with van der Waals surface area (Å²) in [6, 6.07) is 7.43. The van der Waals surface area contributed by atoms with Gasteiger partial charge in [0.05, 0.1) is 0 Å². The van der Waals surface area contributed by atoms with Crippen molar-refractivity contribution in [1.82, 2.24) is 5.32 Å². The third-order valence-corrected chi connectivity index (χ3v) is 5.24. The molecular weight excluding hydrogens is 232 g/mol. The first-order chi connectivity index (χ1) is 9.29. The Labute approximate surface area is 117 Å². The summed E-state index contributed by atoms with van der Waals surface area (Å²) in [6.07, 6.45) is 5.27. The minimum Gasteiger partial charge on any atom is -0.384 e. The first-order valence-corrected chi connectivity index (χ1v) is 7.87. The SMILES string of the molecule is CCC1CCC(NCc2cccc3c2NCC3)C1C. The Bertz CT molecular complexity index is 441. The largest absolute Gasteiger partial charge is 0.384 e. The van der Waals surface area contributed by atoms with Gasteiger partial charge in [-0.2, -0.15) is 0 Å². The van der Waals surface area contributed by atoms with Crippen molar-refractivity contribution in [2.24, 2.45) is 11.8 Å². The lowest BCUT2D eigenvalue weighted by molar-refractivity contribution is 0.344. The van der Waals surface area contributed by atoms with Gasteiger partial charge in [-0.1, -0.05) is 38.5 Å². The van der Waals surface area contributed by atoms with Crippen LogP contribution in [0.5, 0.6) is 0 Å². The third kappa shape index (κ3) is 2.51. The molecule has 0 spiro atoms. The average Bonchev–Trinajstić information content (AvgIpc) is 3.03. The van der Waals surface area contributed by atoms with Gasteiger partial charge in [0.2, 0.25) is 0 Å². The van der Waals surface area contributed by atoms with Gasteiger partial charge in [-0.15, -0.1) is 0 Å². The lowest BCUT2D eigenvalue weighted by Crippen LogP contribution is -2.32.